The fourth-order valence-corrected chi connectivity index (χ4v) is 4.97. The molecule has 3 atom stereocenters. The third-order valence-electron chi connectivity index (χ3n) is 6.46. The summed E-state index contributed by atoms with van der Waals surface area (Å²) in [5, 5.41) is 16.0. The Morgan fingerprint density at radius 1 is 1.09 bits per heavy atom. The average molecular weight is 447 g/mol. The number of anilines is 1. The maximum atomic E-state index is 11.7. The summed E-state index contributed by atoms with van der Waals surface area (Å²) in [7, 11) is 0. The molecule has 6 heteroatoms. The fourth-order valence-electron chi connectivity index (χ4n) is 4.84. The first-order chi connectivity index (χ1) is 15.5. The summed E-state index contributed by atoms with van der Waals surface area (Å²) in [6.45, 7) is 2.47. The van der Waals surface area contributed by atoms with Gasteiger partial charge < -0.3 is 10.1 Å². The van der Waals surface area contributed by atoms with Gasteiger partial charge in [0.2, 0.25) is 0 Å². The van der Waals surface area contributed by atoms with Gasteiger partial charge in [-0.05, 0) is 60.2 Å². The first-order valence-electron chi connectivity index (χ1n) is 10.7. The zero-order valence-electron chi connectivity index (χ0n) is 17.6. The van der Waals surface area contributed by atoms with Crippen LogP contribution < -0.4 is 10.1 Å². The van der Waals surface area contributed by atoms with Crippen LogP contribution in [-0.4, -0.2) is 4.92 Å². The molecule has 0 aromatic heterocycles. The molecule has 0 bridgehead atoms. The van der Waals surface area contributed by atoms with Gasteiger partial charge in [-0.3, -0.25) is 10.1 Å². The number of nitrogens with one attached hydrogen (secondary N) is 1. The van der Waals surface area contributed by atoms with Crippen molar-refractivity contribution in [1.82, 2.24) is 0 Å². The van der Waals surface area contributed by atoms with Gasteiger partial charge in [0.25, 0.3) is 5.69 Å². The van der Waals surface area contributed by atoms with E-state index in [1.807, 2.05) is 49.4 Å². The lowest BCUT2D eigenvalue weighted by molar-refractivity contribution is -0.385. The summed E-state index contributed by atoms with van der Waals surface area (Å²) in [4.78, 5) is 11.4. The fraction of sp³-hybridized carbons (Fsp3) is 0.231. The Hall–Kier alpha value is -3.31. The summed E-state index contributed by atoms with van der Waals surface area (Å²) in [5.41, 5.74) is 5.13. The molecule has 1 aliphatic carbocycles. The van der Waals surface area contributed by atoms with E-state index in [9.17, 15) is 10.1 Å². The summed E-state index contributed by atoms with van der Waals surface area (Å²) in [6, 6.07) is 19.3. The molecular formula is C26H23ClN2O3. The number of nitrogens with zero attached hydrogens (tertiary/aromatic N) is 1. The summed E-state index contributed by atoms with van der Waals surface area (Å²) < 4.78 is 5.93. The van der Waals surface area contributed by atoms with E-state index in [0.29, 0.717) is 11.6 Å². The van der Waals surface area contributed by atoms with E-state index in [0.717, 1.165) is 40.1 Å². The number of aryl methyl sites for hydroxylation is 1. The highest BCUT2D eigenvalue weighted by atomic mass is 35.5. The van der Waals surface area contributed by atoms with E-state index >= 15 is 0 Å². The molecule has 0 saturated carbocycles. The molecule has 2 unspecified atom stereocenters. The predicted octanol–water partition coefficient (Wildman–Crippen LogP) is 6.96. The Morgan fingerprint density at radius 2 is 1.84 bits per heavy atom. The molecular weight excluding hydrogens is 424 g/mol. The van der Waals surface area contributed by atoms with E-state index in [2.05, 4.69) is 29.6 Å². The van der Waals surface area contributed by atoms with Crippen LogP contribution >= 0.6 is 11.6 Å². The quantitative estimate of drug-likeness (QED) is 0.261. The highest BCUT2D eigenvalue weighted by Crippen LogP contribution is 2.53. The second-order valence-electron chi connectivity index (χ2n) is 8.41. The van der Waals surface area contributed by atoms with Gasteiger partial charge in [0, 0.05) is 22.7 Å². The monoisotopic (exact) mass is 446 g/mol. The van der Waals surface area contributed by atoms with Crippen molar-refractivity contribution in [2.75, 3.05) is 5.32 Å². The molecule has 0 saturated heterocycles. The second-order valence-corrected chi connectivity index (χ2v) is 8.84. The molecule has 0 amide bonds. The van der Waals surface area contributed by atoms with Crippen molar-refractivity contribution in [3.63, 3.8) is 0 Å². The number of nitro groups is 1. The Morgan fingerprint density at radius 3 is 2.56 bits per heavy atom. The van der Waals surface area contributed by atoms with Crippen LogP contribution in [0.15, 0.2) is 72.8 Å². The molecule has 1 aliphatic heterocycles. The summed E-state index contributed by atoms with van der Waals surface area (Å²) in [5.74, 6) is 1.08. The number of ether oxygens (including phenoxy) is 1. The number of hydrogen-bond donors (Lipinski definition) is 1. The molecule has 162 valence electrons. The highest BCUT2D eigenvalue weighted by Gasteiger charge is 2.42. The lowest BCUT2D eigenvalue weighted by atomic mass is 9.75. The first-order valence-corrected chi connectivity index (χ1v) is 11.1. The number of allylic oxidation sites excluding steroid dienone is 2. The number of rotatable bonds is 5. The van der Waals surface area contributed by atoms with Crippen LogP contribution in [-0.2, 0) is 6.61 Å². The number of hydrogen-bond acceptors (Lipinski definition) is 4. The van der Waals surface area contributed by atoms with Crippen molar-refractivity contribution >= 4 is 23.0 Å². The van der Waals surface area contributed by atoms with E-state index in [4.69, 9.17) is 16.3 Å². The molecule has 1 N–H and O–H groups in total. The number of halogens is 1. The Kier molecular flexibility index (Phi) is 5.35. The maximum Gasteiger partial charge on any atom is 0.275 e. The van der Waals surface area contributed by atoms with E-state index in [-0.39, 0.29) is 28.5 Å². The Labute approximate surface area is 191 Å². The van der Waals surface area contributed by atoms with Gasteiger partial charge in [-0.25, -0.2) is 0 Å². The predicted molar refractivity (Wildman–Crippen MR) is 126 cm³/mol. The third kappa shape index (κ3) is 3.73. The van der Waals surface area contributed by atoms with Crippen LogP contribution in [0.3, 0.4) is 0 Å². The van der Waals surface area contributed by atoms with Crippen molar-refractivity contribution < 1.29 is 9.66 Å². The summed E-state index contributed by atoms with van der Waals surface area (Å²) >= 11 is 5.94. The van der Waals surface area contributed by atoms with Crippen LogP contribution in [0, 0.1) is 23.0 Å². The standard InChI is InChI=1S/C26H23ClN2O3/c1-16-5-14-23(29(30)31)24-21-3-2-4-22(21)26(28-25(16)24)18-8-12-20(13-9-18)32-15-17-6-10-19(27)11-7-17/h2-3,5-14,21-22,26,28H,4,15H2,1H3/t21?,22?,26-/m1/s1. The average Bonchev–Trinajstić information content (AvgIpc) is 3.29. The van der Waals surface area contributed by atoms with Gasteiger partial charge in [0.15, 0.2) is 0 Å². The topological polar surface area (TPSA) is 64.4 Å². The van der Waals surface area contributed by atoms with Gasteiger partial charge in [-0.1, -0.05) is 54.1 Å². The van der Waals surface area contributed by atoms with Gasteiger partial charge in [-0.2, -0.15) is 0 Å². The number of nitro benzene ring substituents is 1. The molecule has 5 rings (SSSR count). The minimum absolute atomic E-state index is 0.0392. The molecule has 3 aromatic rings. The maximum absolute atomic E-state index is 11.7. The SMILES string of the molecule is Cc1ccc([N+](=O)[O-])c2c1N[C@H](c1ccc(OCc3ccc(Cl)cc3)cc1)C1CC=CC21. The van der Waals surface area contributed by atoms with Crippen LogP contribution in [0.2, 0.25) is 5.02 Å². The van der Waals surface area contributed by atoms with Gasteiger partial charge in [0.05, 0.1) is 16.5 Å². The largest absolute Gasteiger partial charge is 0.489 e. The minimum atomic E-state index is -0.268. The first kappa shape index (κ1) is 20.6. The van der Waals surface area contributed by atoms with E-state index < -0.39 is 0 Å². The van der Waals surface area contributed by atoms with Crippen molar-refractivity contribution in [3.05, 3.63) is 110 Å². The Balaban J connectivity index is 1.39. The van der Waals surface area contributed by atoms with E-state index in [1.165, 1.54) is 0 Å². The van der Waals surface area contributed by atoms with Gasteiger partial charge in [-0.15, -0.1) is 0 Å². The van der Waals surface area contributed by atoms with Crippen LogP contribution in [0.5, 0.6) is 5.75 Å². The highest BCUT2D eigenvalue weighted by molar-refractivity contribution is 6.30. The molecule has 5 nitrogen and oxygen atoms in total. The molecule has 2 aliphatic rings. The molecule has 0 spiro atoms. The molecule has 3 aromatic carbocycles. The second kappa shape index (κ2) is 8.32. The van der Waals surface area contributed by atoms with Gasteiger partial charge >= 0.3 is 0 Å². The Bertz CT molecular complexity index is 1190. The molecule has 1 heterocycles. The number of benzene rings is 3. The molecule has 32 heavy (non-hydrogen) atoms. The van der Waals surface area contributed by atoms with E-state index in [1.54, 1.807) is 6.07 Å². The van der Waals surface area contributed by atoms with Crippen molar-refractivity contribution in [2.45, 2.75) is 31.9 Å². The van der Waals surface area contributed by atoms with Crippen molar-refractivity contribution in [2.24, 2.45) is 5.92 Å². The van der Waals surface area contributed by atoms with Crippen LogP contribution in [0.25, 0.3) is 0 Å². The van der Waals surface area contributed by atoms with Crippen molar-refractivity contribution in [3.8, 4) is 5.75 Å². The lowest BCUT2D eigenvalue weighted by Gasteiger charge is -2.38. The van der Waals surface area contributed by atoms with Gasteiger partial charge in [0.1, 0.15) is 12.4 Å². The molecule has 0 fully saturated rings. The van der Waals surface area contributed by atoms with Crippen molar-refractivity contribution in [1.29, 1.82) is 0 Å². The normalized spacial score (nSPS) is 20.9. The molecule has 0 radical (unpaired) electrons. The zero-order chi connectivity index (χ0) is 22.2. The van der Waals surface area contributed by atoms with Crippen LogP contribution in [0.4, 0.5) is 11.4 Å². The summed E-state index contributed by atoms with van der Waals surface area (Å²) in [6.07, 6.45) is 5.17. The third-order valence-corrected chi connectivity index (χ3v) is 6.71. The van der Waals surface area contributed by atoms with Crippen LogP contribution in [0.1, 0.15) is 40.6 Å². The zero-order valence-corrected chi connectivity index (χ0v) is 18.4. The number of fused-ring (bicyclic) bond motifs is 3. The minimum Gasteiger partial charge on any atom is -0.489 e. The lowest BCUT2D eigenvalue weighted by Crippen LogP contribution is -2.30. The smallest absolute Gasteiger partial charge is 0.275 e.